The third-order valence-corrected chi connectivity index (χ3v) is 11.8. The molecule has 2 aromatic heterocycles. The number of halogens is 4. The van der Waals surface area contributed by atoms with Crippen LogP contribution in [-0.4, -0.2) is 30.8 Å². The molecule has 268 valence electrons. The third kappa shape index (κ3) is 9.88. The summed E-state index contributed by atoms with van der Waals surface area (Å²) >= 11 is 26.7. The minimum absolute atomic E-state index is 0.103. The number of nitrogens with zero attached hydrogens (tertiary/aromatic N) is 8. The topological polar surface area (TPSA) is 158 Å². The van der Waals surface area contributed by atoms with Crippen molar-refractivity contribution in [2.24, 2.45) is 30.7 Å². The van der Waals surface area contributed by atoms with E-state index in [1.807, 2.05) is 0 Å². The molecule has 0 atom stereocenters. The van der Waals surface area contributed by atoms with E-state index in [1.165, 1.54) is 46.9 Å². The Labute approximate surface area is 331 Å². The number of aryl methyl sites for hydroxylation is 2. The highest BCUT2D eigenvalue weighted by Crippen LogP contribution is 2.34. The highest BCUT2D eigenvalue weighted by Gasteiger charge is 2.18. The first-order chi connectivity index (χ1) is 25.4. The van der Waals surface area contributed by atoms with Gasteiger partial charge in [0.1, 0.15) is 0 Å². The SMILES string of the molecule is Cc1nc(N/N=C/c2ccc(Cl)cc2Cl)sc1N=Nc1ccc(S(=O)(=O)c2ccc(N=Nc3sc(N/N=C/c4ccc(Cl)cc4Cl)nc3C)cc2)cc1. The average molecular weight is 843 g/mol. The second-order valence-electron chi connectivity index (χ2n) is 10.8. The van der Waals surface area contributed by atoms with E-state index in [0.717, 1.165) is 0 Å². The van der Waals surface area contributed by atoms with Crippen LogP contribution in [0.15, 0.2) is 125 Å². The normalized spacial score (nSPS) is 12.2. The van der Waals surface area contributed by atoms with Crippen molar-refractivity contribution >= 4 is 123 Å². The first-order valence-corrected chi connectivity index (χ1v) is 19.8. The number of rotatable bonds is 12. The largest absolute Gasteiger partial charge is 0.253 e. The highest BCUT2D eigenvalue weighted by atomic mass is 35.5. The van der Waals surface area contributed by atoms with Crippen molar-refractivity contribution in [2.45, 2.75) is 23.6 Å². The Bertz CT molecular complexity index is 2330. The first-order valence-electron chi connectivity index (χ1n) is 15.2. The smallest absolute Gasteiger partial charge is 0.206 e. The molecule has 0 saturated heterocycles. The molecule has 0 aliphatic carbocycles. The van der Waals surface area contributed by atoms with Crippen LogP contribution in [-0.2, 0) is 9.84 Å². The highest BCUT2D eigenvalue weighted by molar-refractivity contribution is 7.91. The van der Waals surface area contributed by atoms with Crippen LogP contribution in [0.2, 0.25) is 20.1 Å². The number of hydrogen-bond donors (Lipinski definition) is 2. The van der Waals surface area contributed by atoms with Gasteiger partial charge in [0.25, 0.3) is 0 Å². The van der Waals surface area contributed by atoms with Crippen LogP contribution in [0.1, 0.15) is 22.5 Å². The van der Waals surface area contributed by atoms with E-state index < -0.39 is 9.84 Å². The summed E-state index contributed by atoms with van der Waals surface area (Å²) < 4.78 is 26.7. The van der Waals surface area contributed by atoms with Gasteiger partial charge < -0.3 is 0 Å². The van der Waals surface area contributed by atoms with E-state index in [0.29, 0.717) is 74.2 Å². The minimum Gasteiger partial charge on any atom is -0.253 e. The van der Waals surface area contributed by atoms with Gasteiger partial charge in [0.05, 0.1) is 55.0 Å². The third-order valence-electron chi connectivity index (χ3n) is 7.00. The van der Waals surface area contributed by atoms with Crippen molar-refractivity contribution < 1.29 is 8.42 Å². The van der Waals surface area contributed by atoms with Crippen molar-refractivity contribution in [1.82, 2.24) is 9.97 Å². The Balaban J connectivity index is 1.05. The number of benzene rings is 4. The molecule has 0 fully saturated rings. The summed E-state index contributed by atoms with van der Waals surface area (Å²) in [4.78, 5) is 9.02. The predicted molar refractivity (Wildman–Crippen MR) is 216 cm³/mol. The molecule has 0 amide bonds. The molecule has 2 N–H and O–H groups in total. The van der Waals surface area contributed by atoms with Gasteiger partial charge in [0.15, 0.2) is 10.0 Å². The summed E-state index contributed by atoms with van der Waals surface area (Å²) in [5.41, 5.74) is 9.33. The zero-order valence-electron chi connectivity index (χ0n) is 27.4. The average Bonchev–Trinajstić information content (AvgIpc) is 3.68. The fraction of sp³-hybridized carbons (Fsp3) is 0.0588. The molecule has 4 aromatic carbocycles. The second kappa shape index (κ2) is 17.0. The Morgan fingerprint density at radius 1 is 0.585 bits per heavy atom. The first kappa shape index (κ1) is 38.1. The molecule has 19 heteroatoms. The van der Waals surface area contributed by atoms with Crippen LogP contribution < -0.4 is 10.9 Å². The second-order valence-corrected chi connectivity index (χ2v) is 16.4. The number of anilines is 2. The molecule has 0 aliphatic heterocycles. The lowest BCUT2D eigenvalue weighted by Crippen LogP contribution is -2.01. The molecular weight excluding hydrogens is 818 g/mol. The van der Waals surface area contributed by atoms with E-state index in [-0.39, 0.29) is 9.79 Å². The van der Waals surface area contributed by atoms with Gasteiger partial charge in [-0.15, -0.1) is 20.5 Å². The number of nitrogens with one attached hydrogen (secondary N) is 2. The summed E-state index contributed by atoms with van der Waals surface area (Å²) in [6.07, 6.45) is 3.12. The number of azo groups is 2. The molecule has 0 spiro atoms. The Morgan fingerprint density at radius 2 is 0.981 bits per heavy atom. The Kier molecular flexibility index (Phi) is 12.2. The fourth-order valence-corrected chi connectivity index (χ4v) is 7.96. The maximum Gasteiger partial charge on any atom is 0.206 e. The number of aromatic nitrogens is 2. The molecule has 0 unspecified atom stereocenters. The van der Waals surface area contributed by atoms with Gasteiger partial charge in [0, 0.05) is 21.2 Å². The van der Waals surface area contributed by atoms with Crippen LogP contribution in [0.25, 0.3) is 0 Å². The van der Waals surface area contributed by atoms with E-state index >= 15 is 0 Å². The lowest BCUT2D eigenvalue weighted by atomic mass is 10.2. The molecular formula is C34H24Cl4N10O2S3. The van der Waals surface area contributed by atoms with Gasteiger partial charge >= 0.3 is 0 Å². The summed E-state index contributed by atoms with van der Waals surface area (Å²) in [5.74, 6) is 0. The molecule has 0 bridgehead atoms. The van der Waals surface area contributed by atoms with Crippen LogP contribution in [0.4, 0.5) is 31.6 Å². The zero-order valence-corrected chi connectivity index (χ0v) is 32.8. The number of hydrazone groups is 2. The molecule has 0 saturated carbocycles. The van der Waals surface area contributed by atoms with E-state index in [1.54, 1.807) is 86.9 Å². The van der Waals surface area contributed by atoms with E-state index in [2.05, 4.69) is 51.5 Å². The van der Waals surface area contributed by atoms with Crippen molar-refractivity contribution in [3.05, 3.63) is 128 Å². The summed E-state index contributed by atoms with van der Waals surface area (Å²) in [6.45, 7) is 3.59. The van der Waals surface area contributed by atoms with Crippen LogP contribution >= 0.6 is 69.1 Å². The Hall–Kier alpha value is -4.61. The van der Waals surface area contributed by atoms with Crippen molar-refractivity contribution in [3.63, 3.8) is 0 Å². The standard InChI is InChI=1S/C34H24Cl4N10O2S3/c1-19-31(51-33(41-19)47-39-17-21-3-5-23(35)15-29(21)37)45-43-25-7-11-27(12-8-25)53(49,50)28-13-9-26(10-14-28)44-46-32-20(2)42-34(52-32)48-40-18-22-4-6-24(36)16-30(22)38/h3-18H,1-2H3,(H,41,47)(H,42,48)/b39-17+,40-18+,45-43?,46-44?. The fourth-order valence-electron chi connectivity index (χ4n) is 4.31. The minimum atomic E-state index is -3.81. The number of thiazole rings is 2. The number of hydrogen-bond acceptors (Lipinski definition) is 14. The Morgan fingerprint density at radius 3 is 1.36 bits per heavy atom. The maximum absolute atomic E-state index is 13.3. The van der Waals surface area contributed by atoms with Crippen LogP contribution in [0.3, 0.4) is 0 Å². The van der Waals surface area contributed by atoms with Gasteiger partial charge in [-0.25, -0.2) is 18.4 Å². The summed E-state index contributed by atoms with van der Waals surface area (Å²) in [7, 11) is -3.81. The van der Waals surface area contributed by atoms with E-state index in [9.17, 15) is 8.42 Å². The quantitative estimate of drug-likeness (QED) is 0.0709. The lowest BCUT2D eigenvalue weighted by Gasteiger charge is -2.05. The maximum atomic E-state index is 13.3. The van der Waals surface area contributed by atoms with Gasteiger partial charge in [-0.05, 0) is 86.6 Å². The number of sulfone groups is 1. The lowest BCUT2D eigenvalue weighted by molar-refractivity contribution is 0.596. The molecule has 6 rings (SSSR count). The van der Waals surface area contributed by atoms with E-state index in [4.69, 9.17) is 46.4 Å². The summed E-state index contributed by atoms with van der Waals surface area (Å²) in [5, 5.41) is 29.6. The predicted octanol–water partition coefficient (Wildman–Crippen LogP) is 12.4. The van der Waals surface area contributed by atoms with Gasteiger partial charge in [-0.3, -0.25) is 10.9 Å². The van der Waals surface area contributed by atoms with Crippen LogP contribution in [0.5, 0.6) is 0 Å². The molecule has 12 nitrogen and oxygen atoms in total. The van der Waals surface area contributed by atoms with Crippen LogP contribution in [0, 0.1) is 13.8 Å². The molecule has 6 aromatic rings. The van der Waals surface area contributed by atoms with Gasteiger partial charge in [0.2, 0.25) is 20.1 Å². The zero-order chi connectivity index (χ0) is 37.5. The van der Waals surface area contributed by atoms with Crippen molar-refractivity contribution in [3.8, 4) is 0 Å². The molecule has 0 aliphatic rings. The monoisotopic (exact) mass is 840 g/mol. The molecule has 0 radical (unpaired) electrons. The van der Waals surface area contributed by atoms with Gasteiger partial charge in [-0.1, -0.05) is 81.2 Å². The molecule has 53 heavy (non-hydrogen) atoms. The molecule has 2 heterocycles. The summed E-state index contributed by atoms with van der Waals surface area (Å²) in [6, 6.07) is 22.4. The van der Waals surface area contributed by atoms with Crippen molar-refractivity contribution in [1.29, 1.82) is 0 Å². The van der Waals surface area contributed by atoms with Gasteiger partial charge in [-0.2, -0.15) is 10.2 Å². The van der Waals surface area contributed by atoms with Crippen molar-refractivity contribution in [2.75, 3.05) is 10.9 Å².